The lowest BCUT2D eigenvalue weighted by atomic mass is 10.1. The first-order valence-corrected chi connectivity index (χ1v) is 7.56. The number of carboxylic acids is 1. The smallest absolute Gasteiger partial charge is 0.354 e. The summed E-state index contributed by atoms with van der Waals surface area (Å²) in [7, 11) is 0. The van der Waals surface area contributed by atoms with Crippen molar-refractivity contribution in [3.63, 3.8) is 0 Å². The molecule has 0 aliphatic carbocycles. The fourth-order valence-electron chi connectivity index (χ4n) is 2.05. The number of pyridine rings is 1. The van der Waals surface area contributed by atoms with Crippen LogP contribution in [0.4, 0.5) is 0 Å². The molecule has 0 spiro atoms. The van der Waals surface area contributed by atoms with Gasteiger partial charge in [0, 0.05) is 11.8 Å². The Hall–Kier alpha value is -1.73. The molecule has 1 fully saturated rings. The third kappa shape index (κ3) is 1.94. The van der Waals surface area contributed by atoms with E-state index in [9.17, 15) is 14.7 Å². The molecule has 5 nitrogen and oxygen atoms in total. The van der Waals surface area contributed by atoms with E-state index in [4.69, 9.17) is 0 Å². The van der Waals surface area contributed by atoms with Gasteiger partial charge in [-0.3, -0.25) is 9.69 Å². The van der Waals surface area contributed by atoms with Crippen LogP contribution in [0.15, 0.2) is 51.0 Å². The van der Waals surface area contributed by atoms with Crippen LogP contribution in [-0.4, -0.2) is 32.2 Å². The highest BCUT2D eigenvalue weighted by Crippen LogP contribution is 2.53. The van der Waals surface area contributed by atoms with Crippen molar-refractivity contribution in [3.8, 4) is 0 Å². The predicted molar refractivity (Wildman–Crippen MR) is 76.7 cm³/mol. The SMILES string of the molecule is CC=C1C(=O)N2C(C(=O)O)=C(Sc3ccccn3)S[C@@H]12. The lowest BCUT2D eigenvalue weighted by molar-refractivity contribution is -0.141. The largest absolute Gasteiger partial charge is 0.477 e. The van der Waals surface area contributed by atoms with E-state index >= 15 is 0 Å². The molecule has 102 valence electrons. The lowest BCUT2D eigenvalue weighted by Gasteiger charge is -2.36. The number of hydrogen-bond acceptors (Lipinski definition) is 5. The molecular weight excluding hydrogens is 296 g/mol. The maximum Gasteiger partial charge on any atom is 0.354 e. The van der Waals surface area contributed by atoms with Crippen LogP contribution in [0, 0.1) is 0 Å². The third-order valence-corrected chi connectivity index (χ3v) is 5.43. The van der Waals surface area contributed by atoms with Crippen molar-refractivity contribution in [2.24, 2.45) is 0 Å². The van der Waals surface area contributed by atoms with E-state index in [0.717, 1.165) is 0 Å². The van der Waals surface area contributed by atoms with Gasteiger partial charge < -0.3 is 5.11 Å². The van der Waals surface area contributed by atoms with E-state index in [2.05, 4.69) is 4.98 Å². The van der Waals surface area contributed by atoms with E-state index in [-0.39, 0.29) is 17.0 Å². The first kappa shape index (κ1) is 13.3. The number of allylic oxidation sites excluding steroid dienone is 1. The molecule has 2 aliphatic heterocycles. The van der Waals surface area contributed by atoms with E-state index < -0.39 is 5.97 Å². The van der Waals surface area contributed by atoms with Crippen molar-refractivity contribution in [2.75, 3.05) is 0 Å². The van der Waals surface area contributed by atoms with Crippen molar-refractivity contribution >= 4 is 35.4 Å². The van der Waals surface area contributed by atoms with Crippen molar-refractivity contribution in [3.05, 3.63) is 46.0 Å². The topological polar surface area (TPSA) is 70.5 Å². The highest BCUT2D eigenvalue weighted by atomic mass is 32.2. The highest BCUT2D eigenvalue weighted by Gasteiger charge is 2.52. The molecule has 1 N–H and O–H groups in total. The number of hydrogen-bond donors (Lipinski definition) is 1. The van der Waals surface area contributed by atoms with Crippen LogP contribution >= 0.6 is 23.5 Å². The van der Waals surface area contributed by atoms with E-state index in [1.54, 1.807) is 25.3 Å². The first-order valence-electron chi connectivity index (χ1n) is 5.86. The molecule has 0 bridgehead atoms. The molecule has 1 aromatic heterocycles. The summed E-state index contributed by atoms with van der Waals surface area (Å²) in [5.41, 5.74) is 0.719. The fourth-order valence-corrected chi connectivity index (χ4v) is 4.67. The van der Waals surface area contributed by atoms with Gasteiger partial charge in [-0.15, -0.1) is 0 Å². The Kier molecular flexibility index (Phi) is 3.31. The monoisotopic (exact) mass is 306 g/mol. The summed E-state index contributed by atoms with van der Waals surface area (Å²) in [6, 6.07) is 5.45. The summed E-state index contributed by atoms with van der Waals surface area (Å²) in [6.07, 6.45) is 3.39. The Balaban J connectivity index is 1.94. The van der Waals surface area contributed by atoms with Gasteiger partial charge in [0.15, 0.2) is 5.70 Å². The summed E-state index contributed by atoms with van der Waals surface area (Å²) in [6.45, 7) is 1.79. The minimum absolute atomic E-state index is 0.0613. The maximum absolute atomic E-state index is 11.9. The second-order valence-corrected chi connectivity index (χ2v) is 6.48. The van der Waals surface area contributed by atoms with E-state index in [0.29, 0.717) is 14.8 Å². The van der Waals surface area contributed by atoms with Crippen molar-refractivity contribution in [2.45, 2.75) is 17.3 Å². The molecule has 20 heavy (non-hydrogen) atoms. The lowest BCUT2D eigenvalue weighted by Crippen LogP contribution is -2.51. The molecule has 0 unspecified atom stereocenters. The molecule has 1 atom stereocenters. The molecule has 1 saturated heterocycles. The van der Waals surface area contributed by atoms with Crippen molar-refractivity contribution in [1.82, 2.24) is 9.88 Å². The zero-order chi connectivity index (χ0) is 14.3. The molecule has 0 saturated carbocycles. The van der Waals surface area contributed by atoms with Gasteiger partial charge >= 0.3 is 5.97 Å². The van der Waals surface area contributed by atoms with Crippen molar-refractivity contribution in [1.29, 1.82) is 0 Å². The van der Waals surface area contributed by atoms with Crippen LogP contribution in [-0.2, 0) is 9.59 Å². The summed E-state index contributed by atoms with van der Waals surface area (Å²) < 4.78 is 0.603. The van der Waals surface area contributed by atoms with Gasteiger partial charge in [0.1, 0.15) is 10.4 Å². The molecule has 2 aliphatic rings. The number of carbonyl (C=O) groups is 2. The molecule has 7 heteroatoms. The Morgan fingerprint density at radius 3 is 2.95 bits per heavy atom. The van der Waals surface area contributed by atoms with Gasteiger partial charge in [0.05, 0.1) is 4.24 Å². The number of aliphatic carboxylic acids is 1. The molecule has 3 rings (SSSR count). The first-order chi connectivity index (χ1) is 9.63. The zero-order valence-corrected chi connectivity index (χ0v) is 12.1. The van der Waals surface area contributed by atoms with Gasteiger partial charge in [-0.1, -0.05) is 35.7 Å². The average Bonchev–Trinajstić information content (AvgIpc) is 2.76. The van der Waals surface area contributed by atoms with Crippen LogP contribution in [0.3, 0.4) is 0 Å². The quantitative estimate of drug-likeness (QED) is 0.682. The molecular formula is C13H10N2O3S2. The Morgan fingerprint density at radius 2 is 2.35 bits per heavy atom. The summed E-state index contributed by atoms with van der Waals surface area (Å²) in [5.74, 6) is -1.30. The summed E-state index contributed by atoms with van der Waals surface area (Å²) in [4.78, 5) is 28.8. The van der Waals surface area contributed by atoms with Gasteiger partial charge in [-0.05, 0) is 19.1 Å². The summed E-state index contributed by atoms with van der Waals surface area (Å²) in [5, 5.41) is 9.85. The Labute approximate surface area is 123 Å². The number of amides is 1. The normalized spacial score (nSPS) is 23.1. The van der Waals surface area contributed by atoms with Crippen molar-refractivity contribution < 1.29 is 14.7 Å². The number of carboxylic acid groups (broad SMARTS) is 1. The van der Waals surface area contributed by atoms with Gasteiger partial charge in [0.25, 0.3) is 5.91 Å². The standard InChI is InChI=1S/C13H10N2O3S2/c1-2-7-10(16)15-9(12(17)18)13(20-11(7)15)19-8-5-3-4-6-14-8/h2-6,11H,1H3,(H,17,18)/t11-/m0/s1. The van der Waals surface area contributed by atoms with Gasteiger partial charge in [-0.2, -0.15) is 0 Å². The second kappa shape index (κ2) is 4.99. The molecule has 0 aromatic carbocycles. The van der Waals surface area contributed by atoms with E-state index in [1.165, 1.54) is 28.4 Å². The molecule has 3 heterocycles. The summed E-state index contributed by atoms with van der Waals surface area (Å²) >= 11 is 2.67. The number of carbonyl (C=O) groups excluding carboxylic acids is 1. The van der Waals surface area contributed by atoms with Crippen LogP contribution in [0.5, 0.6) is 0 Å². The van der Waals surface area contributed by atoms with Crippen LogP contribution in [0.2, 0.25) is 0 Å². The van der Waals surface area contributed by atoms with Gasteiger partial charge in [0.2, 0.25) is 0 Å². The minimum Gasteiger partial charge on any atom is -0.477 e. The number of β-lactam (4-membered cyclic amide) rings is 1. The molecule has 1 aromatic rings. The fraction of sp³-hybridized carbons (Fsp3) is 0.154. The number of nitrogens with zero attached hydrogens (tertiary/aromatic N) is 2. The Morgan fingerprint density at radius 1 is 1.55 bits per heavy atom. The zero-order valence-electron chi connectivity index (χ0n) is 10.4. The van der Waals surface area contributed by atoms with E-state index in [1.807, 2.05) is 12.1 Å². The maximum atomic E-state index is 11.9. The second-order valence-electron chi connectivity index (χ2n) is 4.10. The number of aromatic nitrogens is 1. The molecule has 1 amide bonds. The Bertz CT molecular complexity index is 655. The van der Waals surface area contributed by atoms with Crippen LogP contribution in [0.1, 0.15) is 6.92 Å². The average molecular weight is 306 g/mol. The number of thioether (sulfide) groups is 2. The predicted octanol–water partition coefficient (Wildman–Crippen LogP) is 2.29. The minimum atomic E-state index is -1.08. The highest BCUT2D eigenvalue weighted by molar-refractivity contribution is 8.22. The van der Waals surface area contributed by atoms with Crippen LogP contribution < -0.4 is 0 Å². The third-order valence-electron chi connectivity index (χ3n) is 2.97. The van der Waals surface area contributed by atoms with Crippen LogP contribution in [0.25, 0.3) is 0 Å². The molecule has 0 radical (unpaired) electrons. The van der Waals surface area contributed by atoms with Gasteiger partial charge in [-0.25, -0.2) is 9.78 Å². The number of rotatable bonds is 3. The number of fused-ring (bicyclic) bond motifs is 1.